The van der Waals surface area contributed by atoms with Gasteiger partial charge in [0.25, 0.3) is 0 Å². The van der Waals surface area contributed by atoms with Gasteiger partial charge in [-0.1, -0.05) is 26.0 Å². The summed E-state index contributed by atoms with van der Waals surface area (Å²) in [4.78, 5) is 12.0. The van der Waals surface area contributed by atoms with Gasteiger partial charge in [0.1, 0.15) is 17.2 Å². The molecule has 3 aromatic rings. The summed E-state index contributed by atoms with van der Waals surface area (Å²) in [6.45, 7) is 10.2. The molecule has 1 fully saturated rings. The van der Waals surface area contributed by atoms with Crippen molar-refractivity contribution in [2.75, 3.05) is 31.1 Å². The molecule has 1 saturated heterocycles. The van der Waals surface area contributed by atoms with Crippen LogP contribution < -0.4 is 10.2 Å². The second-order valence-electron chi connectivity index (χ2n) is 7.47. The highest BCUT2D eigenvalue weighted by atomic mass is 19.1. The zero-order chi connectivity index (χ0) is 19.0. The van der Waals surface area contributed by atoms with Crippen molar-refractivity contribution in [2.24, 2.45) is 0 Å². The minimum absolute atomic E-state index is 0.0473. The van der Waals surface area contributed by atoms with Crippen molar-refractivity contribution >= 4 is 16.9 Å². The number of nitrogens with one attached hydrogen (secondary N) is 1. The minimum atomic E-state index is -0.218. The third-order valence-electron chi connectivity index (χ3n) is 5.28. The summed E-state index contributed by atoms with van der Waals surface area (Å²) in [5.74, 6) is 1.01. The van der Waals surface area contributed by atoms with E-state index in [1.807, 2.05) is 12.3 Å². The van der Waals surface area contributed by atoms with Crippen LogP contribution in [-0.2, 0) is 0 Å². The molecule has 1 aromatic carbocycles. The molecule has 142 valence electrons. The predicted molar refractivity (Wildman–Crippen MR) is 107 cm³/mol. The topological polar surface area (TPSA) is 46.0 Å². The maximum Gasteiger partial charge on any atom is 0.162 e. The monoisotopic (exact) mass is 367 g/mol. The number of aromatic nitrogens is 3. The van der Waals surface area contributed by atoms with Crippen LogP contribution in [0.3, 0.4) is 0 Å². The van der Waals surface area contributed by atoms with Crippen molar-refractivity contribution in [1.82, 2.24) is 19.9 Å². The number of fused-ring (bicyclic) bond motifs is 1. The Bertz CT molecular complexity index is 943. The first-order chi connectivity index (χ1) is 13.1. The summed E-state index contributed by atoms with van der Waals surface area (Å²) >= 11 is 0. The van der Waals surface area contributed by atoms with Crippen LogP contribution in [0.1, 0.15) is 44.1 Å². The maximum atomic E-state index is 13.8. The number of nitrogens with zero attached hydrogens (tertiary/aromatic N) is 4. The van der Waals surface area contributed by atoms with Crippen LogP contribution in [0, 0.1) is 5.82 Å². The number of anilines is 1. The van der Waals surface area contributed by atoms with Gasteiger partial charge in [-0.3, -0.25) is 0 Å². The van der Waals surface area contributed by atoms with Gasteiger partial charge in [-0.2, -0.15) is 0 Å². The average molecular weight is 367 g/mol. The van der Waals surface area contributed by atoms with E-state index >= 15 is 0 Å². The molecule has 0 spiro atoms. The van der Waals surface area contributed by atoms with E-state index in [4.69, 9.17) is 4.98 Å². The number of halogens is 1. The Kier molecular flexibility index (Phi) is 4.83. The van der Waals surface area contributed by atoms with Gasteiger partial charge in [-0.25, -0.2) is 14.4 Å². The molecule has 4 rings (SSSR count). The van der Waals surface area contributed by atoms with Crippen LogP contribution in [-0.4, -0.2) is 40.7 Å². The lowest BCUT2D eigenvalue weighted by molar-refractivity contribution is 0.578. The standard InChI is InChI=1S/C21H26FN5/c1-14(2)20-25-19-18(26-11-9-23-10-12-26)7-8-24-21(19)27(20)15(3)16-5-4-6-17(22)13-16/h4-8,13-15,23H,9-12H2,1-3H3/t15-/m0/s1. The van der Waals surface area contributed by atoms with E-state index in [0.29, 0.717) is 0 Å². The molecule has 5 nitrogen and oxygen atoms in total. The summed E-state index contributed by atoms with van der Waals surface area (Å²) in [6, 6.07) is 8.81. The molecule has 27 heavy (non-hydrogen) atoms. The van der Waals surface area contributed by atoms with Crippen LogP contribution in [0.25, 0.3) is 11.2 Å². The average Bonchev–Trinajstić information content (AvgIpc) is 3.08. The molecule has 1 atom stereocenters. The first kappa shape index (κ1) is 17.9. The number of benzene rings is 1. The summed E-state index contributed by atoms with van der Waals surface area (Å²) in [5.41, 5.74) is 3.86. The van der Waals surface area contributed by atoms with Gasteiger partial charge in [0.05, 0.1) is 11.7 Å². The summed E-state index contributed by atoms with van der Waals surface area (Å²) < 4.78 is 16.0. The Morgan fingerprint density at radius 3 is 2.59 bits per heavy atom. The lowest BCUT2D eigenvalue weighted by atomic mass is 10.1. The molecule has 0 saturated carbocycles. The Balaban J connectivity index is 1.87. The van der Waals surface area contributed by atoms with E-state index in [1.165, 1.54) is 6.07 Å². The molecule has 0 amide bonds. The number of piperazine rings is 1. The fraction of sp³-hybridized carbons (Fsp3) is 0.429. The Morgan fingerprint density at radius 2 is 1.89 bits per heavy atom. The SMILES string of the molecule is CC(C)c1nc2c(N3CCNCC3)ccnc2n1[C@@H](C)c1cccc(F)c1. The van der Waals surface area contributed by atoms with Crippen LogP contribution >= 0.6 is 0 Å². The number of hydrogen-bond acceptors (Lipinski definition) is 4. The van der Waals surface area contributed by atoms with Gasteiger partial charge in [0.2, 0.25) is 0 Å². The molecule has 0 aliphatic carbocycles. The number of hydrogen-bond donors (Lipinski definition) is 1. The molecule has 0 bridgehead atoms. The molecular formula is C21H26FN5. The van der Waals surface area contributed by atoms with Crippen molar-refractivity contribution in [3.8, 4) is 0 Å². The van der Waals surface area contributed by atoms with Gasteiger partial charge in [-0.05, 0) is 30.7 Å². The Morgan fingerprint density at radius 1 is 1.11 bits per heavy atom. The van der Waals surface area contributed by atoms with Crippen LogP contribution in [0.4, 0.5) is 10.1 Å². The van der Waals surface area contributed by atoms with E-state index in [-0.39, 0.29) is 17.8 Å². The quantitative estimate of drug-likeness (QED) is 0.764. The largest absolute Gasteiger partial charge is 0.367 e. The van der Waals surface area contributed by atoms with E-state index in [1.54, 1.807) is 12.1 Å². The van der Waals surface area contributed by atoms with E-state index in [2.05, 4.69) is 46.6 Å². The number of pyridine rings is 1. The van der Waals surface area contributed by atoms with Crippen molar-refractivity contribution in [3.05, 3.63) is 53.7 Å². The van der Waals surface area contributed by atoms with Crippen molar-refractivity contribution < 1.29 is 4.39 Å². The zero-order valence-electron chi connectivity index (χ0n) is 16.1. The van der Waals surface area contributed by atoms with E-state index < -0.39 is 0 Å². The van der Waals surface area contributed by atoms with Gasteiger partial charge in [0, 0.05) is 38.3 Å². The third kappa shape index (κ3) is 3.30. The van der Waals surface area contributed by atoms with Gasteiger partial charge >= 0.3 is 0 Å². The van der Waals surface area contributed by atoms with Crippen LogP contribution in [0.15, 0.2) is 36.5 Å². The Labute approximate surface area is 159 Å². The van der Waals surface area contributed by atoms with Crippen molar-refractivity contribution in [1.29, 1.82) is 0 Å². The normalized spacial score (nSPS) is 16.3. The summed E-state index contributed by atoms with van der Waals surface area (Å²) in [7, 11) is 0. The van der Waals surface area contributed by atoms with Gasteiger partial charge < -0.3 is 14.8 Å². The van der Waals surface area contributed by atoms with E-state index in [0.717, 1.165) is 54.4 Å². The van der Waals surface area contributed by atoms with Crippen molar-refractivity contribution in [3.63, 3.8) is 0 Å². The molecular weight excluding hydrogens is 341 g/mol. The van der Waals surface area contributed by atoms with Gasteiger partial charge in [0.15, 0.2) is 5.65 Å². The fourth-order valence-corrected chi connectivity index (χ4v) is 3.86. The molecule has 1 aliphatic rings. The first-order valence-electron chi connectivity index (χ1n) is 9.64. The molecule has 1 aliphatic heterocycles. The second kappa shape index (κ2) is 7.27. The molecule has 2 aromatic heterocycles. The first-order valence-corrected chi connectivity index (χ1v) is 9.64. The number of rotatable bonds is 4. The molecule has 3 heterocycles. The fourth-order valence-electron chi connectivity index (χ4n) is 3.86. The third-order valence-corrected chi connectivity index (χ3v) is 5.28. The number of imidazole rings is 1. The van der Waals surface area contributed by atoms with Gasteiger partial charge in [-0.15, -0.1) is 0 Å². The molecule has 6 heteroatoms. The highest BCUT2D eigenvalue weighted by Crippen LogP contribution is 2.33. The highest BCUT2D eigenvalue weighted by molar-refractivity contribution is 5.87. The molecule has 0 unspecified atom stereocenters. The Hall–Kier alpha value is -2.47. The predicted octanol–water partition coefficient (Wildman–Crippen LogP) is 3.71. The highest BCUT2D eigenvalue weighted by Gasteiger charge is 2.24. The van der Waals surface area contributed by atoms with Crippen molar-refractivity contribution in [2.45, 2.75) is 32.7 Å². The van der Waals surface area contributed by atoms with E-state index in [9.17, 15) is 4.39 Å². The zero-order valence-corrected chi connectivity index (χ0v) is 16.1. The van der Waals surface area contributed by atoms with Crippen LogP contribution in [0.5, 0.6) is 0 Å². The minimum Gasteiger partial charge on any atom is -0.367 e. The summed E-state index contributed by atoms with van der Waals surface area (Å²) in [5, 5.41) is 3.39. The molecule has 1 N–H and O–H groups in total. The smallest absolute Gasteiger partial charge is 0.162 e. The second-order valence-corrected chi connectivity index (χ2v) is 7.47. The van der Waals surface area contributed by atoms with Crippen LogP contribution in [0.2, 0.25) is 0 Å². The maximum absolute atomic E-state index is 13.8. The molecule has 0 radical (unpaired) electrons. The lowest BCUT2D eigenvalue weighted by Gasteiger charge is -2.29. The lowest BCUT2D eigenvalue weighted by Crippen LogP contribution is -2.43. The summed E-state index contributed by atoms with van der Waals surface area (Å²) in [6.07, 6.45) is 1.86.